The number of rotatable bonds is 4. The van der Waals surface area contributed by atoms with Gasteiger partial charge in [0.25, 0.3) is 0 Å². The molecule has 0 amide bonds. The van der Waals surface area contributed by atoms with Gasteiger partial charge in [-0.3, -0.25) is 0 Å². The molecule has 2 saturated carbocycles. The van der Waals surface area contributed by atoms with E-state index in [0.717, 1.165) is 35.5 Å². The zero-order valence-electron chi connectivity index (χ0n) is 18.1. The van der Waals surface area contributed by atoms with Gasteiger partial charge in [0, 0.05) is 0 Å². The third-order valence-electron chi connectivity index (χ3n) is 9.61. The molecule has 0 aromatic rings. The van der Waals surface area contributed by atoms with Gasteiger partial charge in [0.2, 0.25) is 0 Å². The van der Waals surface area contributed by atoms with E-state index in [4.69, 9.17) is 0 Å². The first-order valence-corrected chi connectivity index (χ1v) is 11.7. The van der Waals surface area contributed by atoms with Crippen LogP contribution in [0, 0.1) is 46.3 Å². The highest BCUT2D eigenvalue weighted by atomic mass is 14.6. The van der Waals surface area contributed by atoms with Crippen molar-refractivity contribution in [2.24, 2.45) is 46.3 Å². The van der Waals surface area contributed by atoms with Gasteiger partial charge in [-0.1, -0.05) is 65.7 Å². The Morgan fingerprint density at radius 3 is 2.58 bits per heavy atom. The second-order valence-corrected chi connectivity index (χ2v) is 11.3. The Morgan fingerprint density at radius 1 is 1.00 bits per heavy atom. The Morgan fingerprint density at radius 2 is 1.81 bits per heavy atom. The van der Waals surface area contributed by atoms with Gasteiger partial charge in [-0.2, -0.15) is 0 Å². The van der Waals surface area contributed by atoms with Crippen LogP contribution in [0.2, 0.25) is 0 Å². The lowest BCUT2D eigenvalue weighted by Crippen LogP contribution is -2.49. The maximum atomic E-state index is 2.71. The molecule has 0 aliphatic heterocycles. The Balaban J connectivity index is 1.55. The van der Waals surface area contributed by atoms with Crippen LogP contribution in [0.5, 0.6) is 0 Å². The van der Waals surface area contributed by atoms with Crippen LogP contribution in [0.3, 0.4) is 0 Å². The number of hydrogen-bond donors (Lipinski definition) is 0. The van der Waals surface area contributed by atoms with E-state index in [-0.39, 0.29) is 0 Å². The van der Waals surface area contributed by atoms with E-state index in [9.17, 15) is 0 Å². The van der Waals surface area contributed by atoms with Crippen molar-refractivity contribution in [1.29, 1.82) is 0 Å². The Bertz CT molecular complexity index is 581. The van der Waals surface area contributed by atoms with Crippen LogP contribution in [0.25, 0.3) is 0 Å². The van der Waals surface area contributed by atoms with E-state index in [2.05, 4.69) is 52.8 Å². The molecular formula is C26H42. The molecule has 0 N–H and O–H groups in total. The van der Waals surface area contributed by atoms with Gasteiger partial charge in [0.1, 0.15) is 0 Å². The SMILES string of the molecule is CC(C)CC[C@@H](C)[C@H]1CC[C@H]2[C@@H]3CC=C4C=CCC[C@]4(C)[C@H]3CC[C@]12C. The number of hydrogen-bond acceptors (Lipinski definition) is 0. The highest BCUT2D eigenvalue weighted by Crippen LogP contribution is 2.66. The van der Waals surface area contributed by atoms with Gasteiger partial charge in [-0.15, -0.1) is 0 Å². The molecule has 0 nitrogen and oxygen atoms in total. The molecule has 0 bridgehead atoms. The van der Waals surface area contributed by atoms with Crippen LogP contribution in [0.1, 0.15) is 92.4 Å². The summed E-state index contributed by atoms with van der Waals surface area (Å²) in [6.45, 7) is 12.7. The number of allylic oxidation sites excluding steroid dienone is 4. The minimum absolute atomic E-state index is 0.486. The van der Waals surface area contributed by atoms with Crippen LogP contribution in [0.15, 0.2) is 23.8 Å². The molecule has 0 aromatic heterocycles. The molecule has 0 unspecified atom stereocenters. The molecule has 0 aromatic carbocycles. The summed E-state index contributed by atoms with van der Waals surface area (Å²) in [6, 6.07) is 0. The smallest absolute Gasteiger partial charge is 0.00445 e. The van der Waals surface area contributed by atoms with E-state index < -0.39 is 0 Å². The molecule has 0 spiro atoms. The van der Waals surface area contributed by atoms with Crippen molar-refractivity contribution in [2.75, 3.05) is 0 Å². The van der Waals surface area contributed by atoms with Crippen LogP contribution in [-0.2, 0) is 0 Å². The predicted octanol–water partition coefficient (Wildman–Crippen LogP) is 7.80. The first kappa shape index (κ1) is 18.8. The fourth-order valence-corrected chi connectivity index (χ4v) is 8.07. The van der Waals surface area contributed by atoms with Crippen molar-refractivity contribution in [3.05, 3.63) is 23.8 Å². The topological polar surface area (TPSA) is 0 Å². The molecule has 0 radical (unpaired) electrons. The molecule has 2 fully saturated rings. The lowest BCUT2D eigenvalue weighted by Gasteiger charge is -2.57. The highest BCUT2D eigenvalue weighted by Gasteiger charge is 2.58. The lowest BCUT2D eigenvalue weighted by atomic mass is 9.47. The normalized spacial score (nSPS) is 45.7. The quantitative estimate of drug-likeness (QED) is 0.483. The Hall–Kier alpha value is -0.520. The average Bonchev–Trinajstić information content (AvgIpc) is 2.96. The fourth-order valence-electron chi connectivity index (χ4n) is 8.07. The predicted molar refractivity (Wildman–Crippen MR) is 113 cm³/mol. The summed E-state index contributed by atoms with van der Waals surface area (Å²) >= 11 is 0. The molecule has 4 aliphatic rings. The molecule has 7 atom stereocenters. The van der Waals surface area contributed by atoms with Gasteiger partial charge in [-0.25, -0.2) is 0 Å². The van der Waals surface area contributed by atoms with Crippen LogP contribution in [0.4, 0.5) is 0 Å². The highest BCUT2D eigenvalue weighted by molar-refractivity contribution is 5.34. The minimum atomic E-state index is 0.486. The van der Waals surface area contributed by atoms with Gasteiger partial charge in [0.15, 0.2) is 0 Å². The maximum Gasteiger partial charge on any atom is -0.00445 e. The Labute approximate surface area is 162 Å². The van der Waals surface area contributed by atoms with Gasteiger partial charge in [0.05, 0.1) is 0 Å². The molecule has 4 aliphatic carbocycles. The van der Waals surface area contributed by atoms with E-state index in [1.165, 1.54) is 57.8 Å². The van der Waals surface area contributed by atoms with Gasteiger partial charge < -0.3 is 0 Å². The standard InChI is InChI=1S/C26H42/c1-18(2)9-10-19(3)22-13-14-23-21-12-11-20-8-6-7-16-25(20,4)24(21)15-17-26(22,23)5/h6,8,11,18-19,21-24H,7,9-10,12-17H2,1-5H3/t19-,21+,22-,23+,24+,25+,26-/m1/s1. The molecule has 0 heterocycles. The molecule has 146 valence electrons. The zero-order chi connectivity index (χ0) is 18.5. The van der Waals surface area contributed by atoms with Crippen molar-refractivity contribution in [3.63, 3.8) is 0 Å². The third kappa shape index (κ3) is 2.85. The Kier molecular flexibility index (Phi) is 4.94. The van der Waals surface area contributed by atoms with Crippen molar-refractivity contribution >= 4 is 0 Å². The van der Waals surface area contributed by atoms with Crippen molar-refractivity contribution in [1.82, 2.24) is 0 Å². The third-order valence-corrected chi connectivity index (χ3v) is 9.61. The molecule has 26 heavy (non-hydrogen) atoms. The zero-order valence-corrected chi connectivity index (χ0v) is 18.1. The number of fused-ring (bicyclic) bond motifs is 5. The first-order valence-electron chi connectivity index (χ1n) is 11.7. The summed E-state index contributed by atoms with van der Waals surface area (Å²) in [7, 11) is 0. The van der Waals surface area contributed by atoms with Crippen LogP contribution < -0.4 is 0 Å². The van der Waals surface area contributed by atoms with E-state index >= 15 is 0 Å². The average molecular weight is 355 g/mol. The molecule has 0 saturated heterocycles. The molecule has 4 rings (SSSR count). The second-order valence-electron chi connectivity index (χ2n) is 11.3. The molecule has 0 heteroatoms. The maximum absolute atomic E-state index is 2.71. The fraction of sp³-hybridized carbons (Fsp3) is 0.846. The van der Waals surface area contributed by atoms with E-state index in [1.54, 1.807) is 5.57 Å². The van der Waals surface area contributed by atoms with Crippen molar-refractivity contribution in [2.45, 2.75) is 92.4 Å². The summed E-state index contributed by atoms with van der Waals surface area (Å²) < 4.78 is 0. The summed E-state index contributed by atoms with van der Waals surface area (Å²) in [5, 5.41) is 0. The van der Waals surface area contributed by atoms with E-state index in [1.807, 2.05) is 0 Å². The van der Waals surface area contributed by atoms with Crippen molar-refractivity contribution in [3.8, 4) is 0 Å². The summed E-state index contributed by atoms with van der Waals surface area (Å²) in [4.78, 5) is 0. The monoisotopic (exact) mass is 354 g/mol. The van der Waals surface area contributed by atoms with Gasteiger partial charge >= 0.3 is 0 Å². The van der Waals surface area contributed by atoms with Gasteiger partial charge in [-0.05, 0) is 96.9 Å². The van der Waals surface area contributed by atoms with Crippen LogP contribution in [-0.4, -0.2) is 0 Å². The lowest BCUT2D eigenvalue weighted by molar-refractivity contribution is -0.0452. The van der Waals surface area contributed by atoms with Crippen molar-refractivity contribution < 1.29 is 0 Å². The largest absolute Gasteiger partial charge is 0.0842 e. The first-order chi connectivity index (χ1) is 12.4. The summed E-state index contributed by atoms with van der Waals surface area (Å²) in [5.41, 5.74) is 2.80. The molecular weight excluding hydrogens is 312 g/mol. The second kappa shape index (κ2) is 6.82. The summed E-state index contributed by atoms with van der Waals surface area (Å²) in [5.74, 6) is 5.68. The van der Waals surface area contributed by atoms with E-state index in [0.29, 0.717) is 10.8 Å². The minimum Gasteiger partial charge on any atom is -0.0842 e. The summed E-state index contributed by atoms with van der Waals surface area (Å²) in [6.07, 6.45) is 20.5. The van der Waals surface area contributed by atoms with Crippen LogP contribution >= 0.6 is 0 Å².